The molecule has 1 atom stereocenters. The molecule has 0 radical (unpaired) electrons. The van der Waals surface area contributed by atoms with E-state index in [0.29, 0.717) is 35.2 Å². The SMILES string of the molecule is O=C(c1ccc(OC[C@@H]2CCCN(C(=O)c3ccc(Cl)cc3)C2)cc1)N1CCCCC1. The number of hydrogen-bond donors (Lipinski definition) is 0. The predicted octanol–water partition coefficient (Wildman–Crippen LogP) is 4.90. The van der Waals surface area contributed by atoms with E-state index in [-0.39, 0.29) is 11.8 Å². The van der Waals surface area contributed by atoms with E-state index in [1.807, 2.05) is 34.1 Å². The summed E-state index contributed by atoms with van der Waals surface area (Å²) in [4.78, 5) is 29.2. The fourth-order valence-corrected chi connectivity index (χ4v) is 4.47. The number of ether oxygens (including phenoxy) is 1. The van der Waals surface area contributed by atoms with E-state index in [4.69, 9.17) is 16.3 Å². The Balaban J connectivity index is 1.29. The van der Waals surface area contributed by atoms with Crippen molar-refractivity contribution in [3.63, 3.8) is 0 Å². The van der Waals surface area contributed by atoms with Crippen molar-refractivity contribution in [3.8, 4) is 5.75 Å². The summed E-state index contributed by atoms with van der Waals surface area (Å²) in [6.07, 6.45) is 5.39. The fourth-order valence-electron chi connectivity index (χ4n) is 4.35. The highest BCUT2D eigenvalue weighted by Crippen LogP contribution is 2.22. The van der Waals surface area contributed by atoms with Gasteiger partial charge in [-0.15, -0.1) is 0 Å². The zero-order chi connectivity index (χ0) is 21.6. The van der Waals surface area contributed by atoms with Gasteiger partial charge in [0.25, 0.3) is 11.8 Å². The van der Waals surface area contributed by atoms with Crippen LogP contribution in [0, 0.1) is 5.92 Å². The first-order chi connectivity index (χ1) is 15.1. The van der Waals surface area contributed by atoms with Crippen molar-refractivity contribution in [2.24, 2.45) is 5.92 Å². The van der Waals surface area contributed by atoms with Gasteiger partial charge in [-0.25, -0.2) is 0 Å². The summed E-state index contributed by atoms with van der Waals surface area (Å²) in [7, 11) is 0. The maximum atomic E-state index is 12.8. The summed E-state index contributed by atoms with van der Waals surface area (Å²) in [6.45, 7) is 3.72. The van der Waals surface area contributed by atoms with Gasteiger partial charge in [0, 0.05) is 48.2 Å². The molecule has 2 amide bonds. The molecular formula is C25H29ClN2O3. The van der Waals surface area contributed by atoms with Crippen molar-refractivity contribution in [2.75, 3.05) is 32.8 Å². The topological polar surface area (TPSA) is 49.9 Å². The Labute approximate surface area is 188 Å². The number of likely N-dealkylation sites (tertiary alicyclic amines) is 2. The molecule has 2 aromatic rings. The minimum Gasteiger partial charge on any atom is -0.493 e. The molecule has 0 bridgehead atoms. The van der Waals surface area contributed by atoms with Crippen LogP contribution < -0.4 is 4.74 Å². The Morgan fingerprint density at radius 2 is 1.39 bits per heavy atom. The monoisotopic (exact) mass is 440 g/mol. The molecule has 0 unspecified atom stereocenters. The highest BCUT2D eigenvalue weighted by Gasteiger charge is 2.25. The predicted molar refractivity (Wildman–Crippen MR) is 122 cm³/mol. The number of hydrogen-bond acceptors (Lipinski definition) is 3. The Morgan fingerprint density at radius 3 is 2.06 bits per heavy atom. The van der Waals surface area contributed by atoms with E-state index in [1.54, 1.807) is 24.3 Å². The lowest BCUT2D eigenvalue weighted by molar-refractivity contribution is 0.0633. The summed E-state index contributed by atoms with van der Waals surface area (Å²) in [5, 5.41) is 0.630. The lowest BCUT2D eigenvalue weighted by atomic mass is 9.98. The van der Waals surface area contributed by atoms with Crippen LogP contribution in [0.3, 0.4) is 0 Å². The van der Waals surface area contributed by atoms with Gasteiger partial charge in [0.15, 0.2) is 0 Å². The van der Waals surface area contributed by atoms with Gasteiger partial charge in [0.1, 0.15) is 5.75 Å². The van der Waals surface area contributed by atoms with Gasteiger partial charge in [-0.2, -0.15) is 0 Å². The highest BCUT2D eigenvalue weighted by molar-refractivity contribution is 6.30. The first-order valence-corrected chi connectivity index (χ1v) is 11.5. The molecule has 6 heteroatoms. The van der Waals surface area contributed by atoms with Crippen LogP contribution >= 0.6 is 11.6 Å². The van der Waals surface area contributed by atoms with Crippen molar-refractivity contribution >= 4 is 23.4 Å². The minimum atomic E-state index is 0.0435. The van der Waals surface area contributed by atoms with Crippen LogP contribution in [0.4, 0.5) is 0 Å². The Bertz CT molecular complexity index is 892. The second-order valence-corrected chi connectivity index (χ2v) is 8.89. The van der Waals surface area contributed by atoms with Crippen LogP contribution in [0.15, 0.2) is 48.5 Å². The number of rotatable bonds is 5. The summed E-state index contributed by atoms with van der Waals surface area (Å²) in [5.41, 5.74) is 1.38. The normalized spacial score (nSPS) is 19.2. The molecule has 0 N–H and O–H groups in total. The second-order valence-electron chi connectivity index (χ2n) is 8.45. The number of halogens is 1. The van der Waals surface area contributed by atoms with Crippen LogP contribution in [0.25, 0.3) is 0 Å². The fraction of sp³-hybridized carbons (Fsp3) is 0.440. The van der Waals surface area contributed by atoms with Gasteiger partial charge in [-0.05, 0) is 80.6 Å². The summed E-state index contributed by atoms with van der Waals surface area (Å²) in [6, 6.07) is 14.5. The van der Waals surface area contributed by atoms with Crippen LogP contribution in [0.5, 0.6) is 5.75 Å². The standard InChI is InChI=1S/C25H29ClN2O3/c26-22-10-6-20(7-11-22)25(30)28-16-4-5-19(17-28)18-31-23-12-8-21(9-13-23)24(29)27-14-2-1-3-15-27/h6-13,19H,1-5,14-18H2/t19-/m1/s1. The van der Waals surface area contributed by atoms with Gasteiger partial charge in [0.05, 0.1) is 6.61 Å². The first kappa shape index (κ1) is 21.7. The molecule has 2 heterocycles. The maximum Gasteiger partial charge on any atom is 0.253 e. The lowest BCUT2D eigenvalue weighted by Crippen LogP contribution is -2.41. The van der Waals surface area contributed by atoms with E-state index in [0.717, 1.165) is 51.1 Å². The number of amides is 2. The van der Waals surface area contributed by atoms with Crippen LogP contribution in [-0.4, -0.2) is 54.4 Å². The third-order valence-corrected chi connectivity index (χ3v) is 6.38. The molecule has 0 aliphatic carbocycles. The maximum absolute atomic E-state index is 12.8. The molecule has 164 valence electrons. The van der Waals surface area contributed by atoms with Crippen molar-refractivity contribution in [3.05, 3.63) is 64.7 Å². The Kier molecular flexibility index (Phi) is 7.13. The van der Waals surface area contributed by atoms with Crippen molar-refractivity contribution in [1.29, 1.82) is 0 Å². The zero-order valence-electron chi connectivity index (χ0n) is 17.8. The van der Waals surface area contributed by atoms with Gasteiger partial charge in [-0.1, -0.05) is 11.6 Å². The molecule has 4 rings (SSSR count). The van der Waals surface area contributed by atoms with Crippen LogP contribution in [-0.2, 0) is 0 Å². The second kappa shape index (κ2) is 10.2. The van der Waals surface area contributed by atoms with E-state index in [1.165, 1.54) is 6.42 Å². The molecule has 0 saturated carbocycles. The summed E-state index contributed by atoms with van der Waals surface area (Å²) < 4.78 is 5.99. The molecular weight excluding hydrogens is 412 g/mol. The van der Waals surface area contributed by atoms with Crippen molar-refractivity contribution in [1.82, 2.24) is 9.80 Å². The number of nitrogens with zero attached hydrogens (tertiary/aromatic N) is 2. The van der Waals surface area contributed by atoms with Gasteiger partial charge >= 0.3 is 0 Å². The third-order valence-electron chi connectivity index (χ3n) is 6.13. The molecule has 0 spiro atoms. The van der Waals surface area contributed by atoms with Gasteiger partial charge < -0.3 is 14.5 Å². The van der Waals surface area contributed by atoms with Crippen molar-refractivity contribution in [2.45, 2.75) is 32.1 Å². The third kappa shape index (κ3) is 5.59. The minimum absolute atomic E-state index is 0.0435. The smallest absolute Gasteiger partial charge is 0.253 e. The molecule has 2 aliphatic heterocycles. The quantitative estimate of drug-likeness (QED) is 0.664. The average Bonchev–Trinajstić information content (AvgIpc) is 2.83. The summed E-state index contributed by atoms with van der Waals surface area (Å²) in [5.74, 6) is 1.20. The highest BCUT2D eigenvalue weighted by atomic mass is 35.5. The van der Waals surface area contributed by atoms with Gasteiger partial charge in [0.2, 0.25) is 0 Å². The first-order valence-electron chi connectivity index (χ1n) is 11.2. The average molecular weight is 441 g/mol. The number of benzene rings is 2. The molecule has 2 fully saturated rings. The van der Waals surface area contributed by atoms with Crippen LogP contribution in [0.2, 0.25) is 5.02 Å². The van der Waals surface area contributed by atoms with E-state index < -0.39 is 0 Å². The molecule has 5 nitrogen and oxygen atoms in total. The van der Waals surface area contributed by atoms with Gasteiger partial charge in [-0.3, -0.25) is 9.59 Å². The van der Waals surface area contributed by atoms with Crippen molar-refractivity contribution < 1.29 is 14.3 Å². The van der Waals surface area contributed by atoms with E-state index in [9.17, 15) is 9.59 Å². The van der Waals surface area contributed by atoms with E-state index >= 15 is 0 Å². The summed E-state index contributed by atoms with van der Waals surface area (Å²) >= 11 is 5.93. The molecule has 2 saturated heterocycles. The van der Waals surface area contributed by atoms with Crippen LogP contribution in [0.1, 0.15) is 52.8 Å². The van der Waals surface area contributed by atoms with E-state index in [2.05, 4.69) is 0 Å². The zero-order valence-corrected chi connectivity index (χ0v) is 18.5. The number of carbonyl (C=O) groups excluding carboxylic acids is 2. The Morgan fingerprint density at radius 1 is 0.806 bits per heavy atom. The largest absolute Gasteiger partial charge is 0.493 e. The Hall–Kier alpha value is -2.53. The molecule has 2 aromatic carbocycles. The number of piperidine rings is 2. The lowest BCUT2D eigenvalue weighted by Gasteiger charge is -2.32. The molecule has 2 aliphatic rings. The molecule has 0 aromatic heterocycles. The number of carbonyl (C=O) groups is 2. The molecule has 31 heavy (non-hydrogen) atoms.